The Balaban J connectivity index is 1.43. The van der Waals surface area contributed by atoms with Gasteiger partial charge in [0.15, 0.2) is 0 Å². The van der Waals surface area contributed by atoms with Gasteiger partial charge in [-0.05, 0) is 33.7 Å². The van der Waals surface area contributed by atoms with E-state index >= 15 is 0 Å². The molecule has 0 fully saturated rings. The molecule has 0 saturated heterocycles. The second-order valence-electron chi connectivity index (χ2n) is 7.35. The number of ether oxygens (including phenoxy) is 1. The molecule has 0 bridgehead atoms. The molecule has 1 aliphatic carbocycles. The molecule has 8 heteroatoms. The number of carbonyl (C=O) groups is 3. The van der Waals surface area contributed by atoms with Gasteiger partial charge in [-0.1, -0.05) is 54.6 Å². The number of thiophene rings is 1. The highest BCUT2D eigenvalue weighted by molar-refractivity contribution is 7.10. The first kappa shape index (κ1) is 21.6. The highest BCUT2D eigenvalue weighted by atomic mass is 32.1. The fraction of sp³-hybridized carbons (Fsp3) is 0.208. The highest BCUT2D eigenvalue weighted by Gasteiger charge is 2.30. The Hall–Kier alpha value is -3.65. The summed E-state index contributed by atoms with van der Waals surface area (Å²) in [5.74, 6) is -1.58. The average molecular weight is 451 g/mol. The molecule has 4 rings (SSSR count). The van der Waals surface area contributed by atoms with E-state index in [0.717, 1.165) is 22.3 Å². The number of carbonyl (C=O) groups excluding carboxylic acids is 2. The maximum absolute atomic E-state index is 12.6. The van der Waals surface area contributed by atoms with Gasteiger partial charge in [0.2, 0.25) is 5.91 Å². The third kappa shape index (κ3) is 4.65. The van der Waals surface area contributed by atoms with Gasteiger partial charge in [-0.2, -0.15) is 0 Å². The van der Waals surface area contributed by atoms with Crippen LogP contribution in [0.3, 0.4) is 0 Å². The van der Waals surface area contributed by atoms with Gasteiger partial charge in [0.1, 0.15) is 12.6 Å². The number of amides is 2. The van der Waals surface area contributed by atoms with E-state index in [1.807, 2.05) is 36.4 Å². The summed E-state index contributed by atoms with van der Waals surface area (Å²) in [6.45, 7) is 0.111. The van der Waals surface area contributed by atoms with Gasteiger partial charge in [0.05, 0.1) is 6.42 Å². The molecule has 3 aromatic rings. The van der Waals surface area contributed by atoms with E-state index in [1.54, 1.807) is 17.5 Å². The van der Waals surface area contributed by atoms with Gasteiger partial charge in [-0.15, -0.1) is 11.3 Å². The Bertz CT molecular complexity index is 1080. The second-order valence-corrected chi connectivity index (χ2v) is 8.33. The molecule has 1 heterocycles. The van der Waals surface area contributed by atoms with E-state index in [4.69, 9.17) is 9.84 Å². The summed E-state index contributed by atoms with van der Waals surface area (Å²) in [6, 6.07) is 18.6. The molecule has 7 nitrogen and oxygen atoms in total. The third-order valence-corrected chi connectivity index (χ3v) is 6.27. The van der Waals surface area contributed by atoms with Crippen LogP contribution in [0.15, 0.2) is 66.0 Å². The SMILES string of the molecule is O=C(O)CCNC(=O)C(NC(=O)OCC1c2ccccc2-c2ccccc21)c1cccs1. The Labute approximate surface area is 189 Å². The molecule has 0 saturated carbocycles. The van der Waals surface area contributed by atoms with Crippen molar-refractivity contribution in [2.75, 3.05) is 13.2 Å². The maximum Gasteiger partial charge on any atom is 0.408 e. The quantitative estimate of drug-likeness (QED) is 0.483. The largest absolute Gasteiger partial charge is 0.481 e. The monoisotopic (exact) mass is 450 g/mol. The summed E-state index contributed by atoms with van der Waals surface area (Å²) in [7, 11) is 0. The fourth-order valence-corrected chi connectivity index (χ4v) is 4.65. The fourth-order valence-electron chi connectivity index (χ4n) is 3.87. The van der Waals surface area contributed by atoms with E-state index < -0.39 is 24.0 Å². The van der Waals surface area contributed by atoms with Crippen LogP contribution >= 0.6 is 11.3 Å². The van der Waals surface area contributed by atoms with Crippen LogP contribution in [0.2, 0.25) is 0 Å². The van der Waals surface area contributed by atoms with Crippen molar-refractivity contribution < 1.29 is 24.2 Å². The summed E-state index contributed by atoms with van der Waals surface area (Å²) in [6.07, 6.45) is -0.910. The van der Waals surface area contributed by atoms with Crippen molar-refractivity contribution in [1.29, 1.82) is 0 Å². The molecule has 32 heavy (non-hydrogen) atoms. The molecule has 1 aromatic heterocycles. The molecule has 0 spiro atoms. The Morgan fingerprint density at radius 1 is 0.969 bits per heavy atom. The first-order valence-electron chi connectivity index (χ1n) is 10.2. The normalized spacial score (nSPS) is 13.0. The van der Waals surface area contributed by atoms with Crippen molar-refractivity contribution in [1.82, 2.24) is 10.6 Å². The Kier molecular flexibility index (Phi) is 6.51. The van der Waals surface area contributed by atoms with Gasteiger partial charge in [-0.3, -0.25) is 9.59 Å². The molecule has 1 aliphatic rings. The number of hydrogen-bond donors (Lipinski definition) is 3. The van der Waals surface area contributed by atoms with Crippen molar-refractivity contribution >= 4 is 29.3 Å². The van der Waals surface area contributed by atoms with E-state index in [2.05, 4.69) is 22.8 Å². The molecule has 2 amide bonds. The van der Waals surface area contributed by atoms with Crippen molar-refractivity contribution in [2.45, 2.75) is 18.4 Å². The van der Waals surface area contributed by atoms with Crippen LogP contribution in [-0.2, 0) is 14.3 Å². The minimum absolute atomic E-state index is 0.0254. The first-order chi connectivity index (χ1) is 15.5. The van der Waals surface area contributed by atoms with Gasteiger partial charge < -0.3 is 20.5 Å². The average Bonchev–Trinajstić information content (AvgIpc) is 3.42. The molecule has 0 radical (unpaired) electrons. The Morgan fingerprint density at radius 3 is 2.22 bits per heavy atom. The number of rotatable bonds is 8. The van der Waals surface area contributed by atoms with Crippen molar-refractivity contribution in [3.8, 4) is 11.1 Å². The number of carboxylic acid groups (broad SMARTS) is 1. The lowest BCUT2D eigenvalue weighted by Gasteiger charge is -2.19. The van der Waals surface area contributed by atoms with Crippen molar-refractivity contribution in [2.24, 2.45) is 0 Å². The van der Waals surface area contributed by atoms with E-state index in [0.29, 0.717) is 4.88 Å². The molecular formula is C24H22N2O5S. The lowest BCUT2D eigenvalue weighted by Crippen LogP contribution is -2.41. The number of fused-ring (bicyclic) bond motifs is 3. The van der Waals surface area contributed by atoms with Crippen LogP contribution in [0.25, 0.3) is 11.1 Å². The summed E-state index contributed by atoms with van der Waals surface area (Å²) in [4.78, 5) is 36.5. The standard InChI is InChI=1S/C24H22N2O5S/c27-21(28)11-12-25-23(29)22(20-10-5-13-32-20)26-24(30)31-14-19-17-8-3-1-6-15(17)16-7-2-4-9-18(16)19/h1-10,13,19,22H,11-12,14H2,(H,25,29)(H,26,30)(H,27,28). The lowest BCUT2D eigenvalue weighted by atomic mass is 9.98. The summed E-state index contributed by atoms with van der Waals surface area (Å²) >= 11 is 1.32. The topological polar surface area (TPSA) is 105 Å². The number of carboxylic acids is 1. The smallest absolute Gasteiger partial charge is 0.408 e. The summed E-state index contributed by atoms with van der Waals surface area (Å²) < 4.78 is 5.54. The lowest BCUT2D eigenvalue weighted by molar-refractivity contribution is -0.137. The van der Waals surface area contributed by atoms with Crippen LogP contribution in [0.4, 0.5) is 4.79 Å². The van der Waals surface area contributed by atoms with Crippen LogP contribution < -0.4 is 10.6 Å². The number of hydrogen-bond acceptors (Lipinski definition) is 5. The minimum atomic E-state index is -1.01. The predicted octanol–water partition coefficient (Wildman–Crippen LogP) is 3.92. The van der Waals surface area contributed by atoms with Crippen LogP contribution in [0.1, 0.15) is 34.4 Å². The zero-order chi connectivity index (χ0) is 22.5. The van der Waals surface area contributed by atoms with Gasteiger partial charge >= 0.3 is 12.1 Å². The number of aliphatic carboxylic acids is 1. The second kappa shape index (κ2) is 9.65. The van der Waals surface area contributed by atoms with Crippen LogP contribution in [-0.4, -0.2) is 36.2 Å². The van der Waals surface area contributed by atoms with E-state index in [1.165, 1.54) is 11.3 Å². The van der Waals surface area contributed by atoms with E-state index in [-0.39, 0.29) is 25.5 Å². The molecular weight excluding hydrogens is 428 g/mol. The highest BCUT2D eigenvalue weighted by Crippen LogP contribution is 2.44. The Morgan fingerprint density at radius 2 is 1.62 bits per heavy atom. The molecule has 164 valence electrons. The number of benzene rings is 2. The van der Waals surface area contributed by atoms with Gasteiger partial charge in [-0.25, -0.2) is 4.79 Å². The maximum atomic E-state index is 12.6. The zero-order valence-electron chi connectivity index (χ0n) is 17.1. The number of nitrogens with one attached hydrogen (secondary N) is 2. The first-order valence-corrected chi connectivity index (χ1v) is 11.1. The summed E-state index contributed by atoms with van der Waals surface area (Å²) in [5, 5.41) is 15.7. The van der Waals surface area contributed by atoms with Crippen LogP contribution in [0.5, 0.6) is 0 Å². The van der Waals surface area contributed by atoms with E-state index in [9.17, 15) is 14.4 Å². The van der Waals surface area contributed by atoms with Gasteiger partial charge in [0.25, 0.3) is 0 Å². The van der Waals surface area contributed by atoms with Crippen LogP contribution in [0, 0.1) is 0 Å². The molecule has 3 N–H and O–H groups in total. The predicted molar refractivity (Wildman–Crippen MR) is 121 cm³/mol. The van der Waals surface area contributed by atoms with Crippen molar-refractivity contribution in [3.63, 3.8) is 0 Å². The zero-order valence-corrected chi connectivity index (χ0v) is 17.9. The molecule has 2 aromatic carbocycles. The summed E-state index contributed by atoms with van der Waals surface area (Å²) in [5.41, 5.74) is 4.46. The van der Waals surface area contributed by atoms with Gasteiger partial charge in [0, 0.05) is 17.3 Å². The third-order valence-electron chi connectivity index (χ3n) is 5.33. The molecule has 0 aliphatic heterocycles. The minimum Gasteiger partial charge on any atom is -0.481 e. The molecule has 1 atom stereocenters. The number of alkyl carbamates (subject to hydrolysis) is 1. The molecule has 1 unspecified atom stereocenters. The van der Waals surface area contributed by atoms with Crippen molar-refractivity contribution in [3.05, 3.63) is 82.0 Å².